The summed E-state index contributed by atoms with van der Waals surface area (Å²) in [6, 6.07) is 0. The van der Waals surface area contributed by atoms with Gasteiger partial charge in [-0.25, -0.2) is 0 Å². The van der Waals surface area contributed by atoms with Crippen LogP contribution in [0.2, 0.25) is 0 Å². The monoisotopic (exact) mass is 132 g/mol. The van der Waals surface area contributed by atoms with Crippen LogP contribution < -0.4 is 0 Å². The summed E-state index contributed by atoms with van der Waals surface area (Å²) < 4.78 is 5.05. The van der Waals surface area contributed by atoms with Crippen LogP contribution >= 0.6 is 0 Å². The van der Waals surface area contributed by atoms with Crippen molar-refractivity contribution >= 4 is 0 Å². The van der Waals surface area contributed by atoms with Crippen LogP contribution in [0.4, 0.5) is 0 Å². The SMILES string of the molecule is CC1C[C@H](O)[C@H](O)CO1. The third kappa shape index (κ3) is 1.64. The Balaban J connectivity index is 2.35. The molecular weight excluding hydrogens is 120 g/mol. The summed E-state index contributed by atoms with van der Waals surface area (Å²) in [6.45, 7) is 2.15. The zero-order valence-electron chi connectivity index (χ0n) is 5.45. The Hall–Kier alpha value is -0.120. The van der Waals surface area contributed by atoms with Crippen LogP contribution in [0.3, 0.4) is 0 Å². The average Bonchev–Trinajstić information content (AvgIpc) is 1.80. The van der Waals surface area contributed by atoms with Crippen molar-refractivity contribution in [3.8, 4) is 0 Å². The minimum Gasteiger partial charge on any atom is -0.390 e. The number of hydrogen-bond donors (Lipinski definition) is 2. The molecule has 0 aromatic heterocycles. The molecule has 0 bridgehead atoms. The van der Waals surface area contributed by atoms with Crippen molar-refractivity contribution in [2.45, 2.75) is 31.7 Å². The molecule has 1 aliphatic heterocycles. The molecule has 0 aliphatic carbocycles. The number of aliphatic hydroxyl groups is 2. The van der Waals surface area contributed by atoms with Gasteiger partial charge in [0, 0.05) is 6.42 Å². The van der Waals surface area contributed by atoms with Crippen molar-refractivity contribution < 1.29 is 14.9 Å². The van der Waals surface area contributed by atoms with Crippen LogP contribution in [0.1, 0.15) is 13.3 Å². The molecule has 1 saturated heterocycles. The first-order valence-corrected chi connectivity index (χ1v) is 3.18. The normalized spacial score (nSPS) is 45.0. The van der Waals surface area contributed by atoms with E-state index in [1.54, 1.807) is 0 Å². The molecule has 0 aromatic rings. The van der Waals surface area contributed by atoms with Crippen molar-refractivity contribution in [3.63, 3.8) is 0 Å². The third-order valence-electron chi connectivity index (χ3n) is 1.57. The molecule has 0 saturated carbocycles. The Morgan fingerprint density at radius 3 is 2.44 bits per heavy atom. The highest BCUT2D eigenvalue weighted by Gasteiger charge is 2.25. The lowest BCUT2D eigenvalue weighted by molar-refractivity contribution is -0.115. The molecule has 1 heterocycles. The summed E-state index contributed by atoms with van der Waals surface area (Å²) in [5.41, 5.74) is 0. The summed E-state index contributed by atoms with van der Waals surface area (Å²) in [7, 11) is 0. The van der Waals surface area contributed by atoms with Gasteiger partial charge in [0.25, 0.3) is 0 Å². The molecule has 1 rings (SSSR count). The molecular formula is C6H12O3. The quantitative estimate of drug-likeness (QED) is 0.468. The molecule has 1 aliphatic rings. The van der Waals surface area contributed by atoms with E-state index in [0.29, 0.717) is 6.42 Å². The van der Waals surface area contributed by atoms with E-state index in [1.807, 2.05) is 6.92 Å². The largest absolute Gasteiger partial charge is 0.390 e. The highest BCUT2D eigenvalue weighted by molar-refractivity contribution is 4.74. The van der Waals surface area contributed by atoms with Crippen molar-refractivity contribution in [1.82, 2.24) is 0 Å². The van der Waals surface area contributed by atoms with Gasteiger partial charge in [-0.05, 0) is 6.92 Å². The first-order chi connectivity index (χ1) is 4.20. The van der Waals surface area contributed by atoms with Crippen LogP contribution in [0, 0.1) is 0 Å². The minimum absolute atomic E-state index is 0.0865. The van der Waals surface area contributed by atoms with Crippen LogP contribution in [0.25, 0.3) is 0 Å². The molecule has 3 atom stereocenters. The zero-order chi connectivity index (χ0) is 6.85. The van der Waals surface area contributed by atoms with Crippen LogP contribution in [0.15, 0.2) is 0 Å². The first kappa shape index (κ1) is 6.99. The van der Waals surface area contributed by atoms with Gasteiger partial charge in [0.15, 0.2) is 0 Å². The van der Waals surface area contributed by atoms with Gasteiger partial charge >= 0.3 is 0 Å². The van der Waals surface area contributed by atoms with Gasteiger partial charge in [-0.1, -0.05) is 0 Å². The fourth-order valence-electron chi connectivity index (χ4n) is 0.939. The van der Waals surface area contributed by atoms with E-state index in [2.05, 4.69) is 0 Å². The van der Waals surface area contributed by atoms with Gasteiger partial charge in [0.05, 0.1) is 18.8 Å². The van der Waals surface area contributed by atoms with Gasteiger partial charge < -0.3 is 14.9 Å². The Morgan fingerprint density at radius 2 is 2.00 bits per heavy atom. The summed E-state index contributed by atoms with van der Waals surface area (Å²) in [6.07, 6.45) is -0.639. The van der Waals surface area contributed by atoms with Crippen molar-refractivity contribution in [1.29, 1.82) is 0 Å². The number of hydrogen-bond acceptors (Lipinski definition) is 3. The van der Waals surface area contributed by atoms with E-state index in [1.165, 1.54) is 0 Å². The maximum atomic E-state index is 9.02. The van der Waals surface area contributed by atoms with Gasteiger partial charge in [0.1, 0.15) is 6.10 Å². The number of ether oxygens (including phenoxy) is 1. The lowest BCUT2D eigenvalue weighted by Crippen LogP contribution is -2.39. The highest BCUT2D eigenvalue weighted by Crippen LogP contribution is 2.12. The maximum absolute atomic E-state index is 9.02. The predicted octanol–water partition coefficient (Wildman–Crippen LogP) is -0.483. The standard InChI is InChI=1S/C6H12O3/c1-4-2-5(7)6(8)3-9-4/h4-8H,2-3H2,1H3/t4?,5-,6+/m0/s1. The highest BCUT2D eigenvalue weighted by atomic mass is 16.5. The van der Waals surface area contributed by atoms with E-state index in [9.17, 15) is 0 Å². The van der Waals surface area contributed by atoms with Gasteiger partial charge in [-0.3, -0.25) is 0 Å². The second kappa shape index (κ2) is 2.64. The van der Waals surface area contributed by atoms with Gasteiger partial charge in [-0.15, -0.1) is 0 Å². The number of rotatable bonds is 0. The molecule has 3 heteroatoms. The summed E-state index contributed by atoms with van der Waals surface area (Å²) in [5.74, 6) is 0. The molecule has 9 heavy (non-hydrogen) atoms. The van der Waals surface area contributed by atoms with Crippen molar-refractivity contribution in [3.05, 3.63) is 0 Å². The predicted molar refractivity (Wildman–Crippen MR) is 32.0 cm³/mol. The molecule has 3 nitrogen and oxygen atoms in total. The van der Waals surface area contributed by atoms with Crippen LogP contribution in [-0.2, 0) is 4.74 Å². The Kier molecular flexibility index (Phi) is 2.05. The second-order valence-corrected chi connectivity index (χ2v) is 2.51. The molecule has 54 valence electrons. The first-order valence-electron chi connectivity index (χ1n) is 3.18. The van der Waals surface area contributed by atoms with Crippen LogP contribution in [0.5, 0.6) is 0 Å². The molecule has 0 radical (unpaired) electrons. The Morgan fingerprint density at radius 1 is 1.33 bits per heavy atom. The second-order valence-electron chi connectivity index (χ2n) is 2.51. The van der Waals surface area contributed by atoms with E-state index in [-0.39, 0.29) is 12.7 Å². The number of aliphatic hydroxyl groups excluding tert-OH is 2. The summed E-state index contributed by atoms with van der Waals surface area (Å²) in [4.78, 5) is 0. The molecule has 1 fully saturated rings. The maximum Gasteiger partial charge on any atom is 0.103 e. The van der Waals surface area contributed by atoms with Crippen molar-refractivity contribution in [2.24, 2.45) is 0 Å². The third-order valence-corrected chi connectivity index (χ3v) is 1.57. The van der Waals surface area contributed by atoms with E-state index >= 15 is 0 Å². The summed E-state index contributed by atoms with van der Waals surface area (Å²) >= 11 is 0. The Labute approximate surface area is 54.3 Å². The fraction of sp³-hybridized carbons (Fsp3) is 1.00. The molecule has 0 spiro atoms. The molecule has 0 aromatic carbocycles. The van der Waals surface area contributed by atoms with Crippen LogP contribution in [-0.4, -0.2) is 35.1 Å². The Bertz CT molecular complexity index is 94.3. The van der Waals surface area contributed by atoms with E-state index < -0.39 is 12.2 Å². The topological polar surface area (TPSA) is 49.7 Å². The lowest BCUT2D eigenvalue weighted by Gasteiger charge is -2.27. The van der Waals surface area contributed by atoms with Gasteiger partial charge in [0.2, 0.25) is 0 Å². The van der Waals surface area contributed by atoms with Crippen molar-refractivity contribution in [2.75, 3.05) is 6.61 Å². The molecule has 0 amide bonds. The zero-order valence-corrected chi connectivity index (χ0v) is 5.45. The lowest BCUT2D eigenvalue weighted by atomic mass is 10.1. The molecule has 2 N–H and O–H groups in total. The van der Waals surface area contributed by atoms with Gasteiger partial charge in [-0.2, -0.15) is 0 Å². The average molecular weight is 132 g/mol. The smallest absolute Gasteiger partial charge is 0.103 e. The minimum atomic E-state index is -0.679. The fourth-order valence-corrected chi connectivity index (χ4v) is 0.939. The summed E-state index contributed by atoms with van der Waals surface area (Å²) in [5, 5.41) is 17.9. The van der Waals surface area contributed by atoms with E-state index in [4.69, 9.17) is 14.9 Å². The van der Waals surface area contributed by atoms with E-state index in [0.717, 1.165) is 0 Å². The molecule has 1 unspecified atom stereocenters.